The number of thiophene rings is 1. The van der Waals surface area contributed by atoms with Crippen LogP contribution in [0.5, 0.6) is 0 Å². The Labute approximate surface area is 149 Å². The van der Waals surface area contributed by atoms with Crippen LogP contribution in [-0.4, -0.2) is 10.9 Å². The third kappa shape index (κ3) is 3.06. The van der Waals surface area contributed by atoms with Gasteiger partial charge in [-0.2, -0.15) is 0 Å². The van der Waals surface area contributed by atoms with Gasteiger partial charge < -0.3 is 9.73 Å². The number of carbonyl (C=O) groups is 1. The van der Waals surface area contributed by atoms with Crippen molar-refractivity contribution in [3.05, 3.63) is 70.2 Å². The quantitative estimate of drug-likeness (QED) is 0.537. The summed E-state index contributed by atoms with van der Waals surface area (Å²) in [6.07, 6.45) is 0. The number of amides is 1. The number of rotatable bonds is 3. The Morgan fingerprint density at radius 1 is 1.08 bits per heavy atom. The molecule has 0 fully saturated rings. The molecule has 25 heavy (non-hydrogen) atoms. The highest BCUT2D eigenvalue weighted by atomic mass is 32.1. The highest BCUT2D eigenvalue weighted by molar-refractivity contribution is 7.12. The summed E-state index contributed by atoms with van der Waals surface area (Å²) >= 11 is 1.44. The van der Waals surface area contributed by atoms with E-state index in [0.717, 1.165) is 16.6 Å². The van der Waals surface area contributed by atoms with Crippen LogP contribution in [0.1, 0.15) is 21.1 Å². The summed E-state index contributed by atoms with van der Waals surface area (Å²) in [4.78, 5) is 17.7. The Kier molecular flexibility index (Phi) is 3.86. The van der Waals surface area contributed by atoms with Crippen LogP contribution in [0.3, 0.4) is 0 Å². The summed E-state index contributed by atoms with van der Waals surface area (Å²) in [7, 11) is 0. The van der Waals surface area contributed by atoms with Crippen LogP contribution in [0, 0.1) is 13.8 Å². The molecule has 1 N–H and O–H groups in total. The Morgan fingerprint density at radius 3 is 2.68 bits per heavy atom. The lowest BCUT2D eigenvalue weighted by molar-refractivity contribution is 0.103. The van der Waals surface area contributed by atoms with Gasteiger partial charge in [0, 0.05) is 18.2 Å². The number of nitrogens with one attached hydrogen (secondary N) is 1. The number of carbonyl (C=O) groups excluding carboxylic acids is 1. The van der Waals surface area contributed by atoms with Gasteiger partial charge in [0.05, 0.1) is 4.88 Å². The van der Waals surface area contributed by atoms with E-state index in [2.05, 4.69) is 22.4 Å². The van der Waals surface area contributed by atoms with Gasteiger partial charge in [-0.3, -0.25) is 4.79 Å². The standard InChI is InChI=1S/C20H16N2O2S/c1-12-3-5-14(6-4-12)16-9-10-25-19(16)20(23)22-15-7-8-18-17(11-15)21-13(2)24-18/h3-11H,1-2H3,(H,22,23). The Morgan fingerprint density at radius 2 is 1.88 bits per heavy atom. The fraction of sp³-hybridized carbons (Fsp3) is 0.100. The first kappa shape index (κ1) is 15.6. The fourth-order valence-corrected chi connectivity index (χ4v) is 3.56. The molecule has 0 radical (unpaired) electrons. The van der Waals surface area contributed by atoms with E-state index in [4.69, 9.17) is 4.42 Å². The van der Waals surface area contributed by atoms with Gasteiger partial charge in [-0.15, -0.1) is 11.3 Å². The van der Waals surface area contributed by atoms with Gasteiger partial charge in [-0.1, -0.05) is 29.8 Å². The Bertz CT molecular complexity index is 1060. The maximum atomic E-state index is 12.7. The minimum atomic E-state index is -0.120. The summed E-state index contributed by atoms with van der Waals surface area (Å²) in [5.74, 6) is 0.489. The van der Waals surface area contributed by atoms with E-state index in [1.54, 1.807) is 6.92 Å². The molecule has 0 unspecified atom stereocenters. The minimum Gasteiger partial charge on any atom is -0.441 e. The SMILES string of the molecule is Cc1ccc(-c2ccsc2C(=O)Nc2ccc3oc(C)nc3c2)cc1. The number of anilines is 1. The smallest absolute Gasteiger partial charge is 0.266 e. The number of oxazole rings is 1. The molecule has 4 nitrogen and oxygen atoms in total. The third-order valence-electron chi connectivity index (χ3n) is 3.99. The van der Waals surface area contributed by atoms with E-state index < -0.39 is 0 Å². The number of benzene rings is 2. The summed E-state index contributed by atoms with van der Waals surface area (Å²) < 4.78 is 5.46. The molecule has 2 aromatic carbocycles. The zero-order chi connectivity index (χ0) is 17.4. The summed E-state index contributed by atoms with van der Waals surface area (Å²) in [6.45, 7) is 3.85. The molecule has 0 saturated carbocycles. The second-order valence-electron chi connectivity index (χ2n) is 5.90. The molecule has 5 heteroatoms. The number of hydrogen-bond acceptors (Lipinski definition) is 4. The molecule has 0 aliphatic rings. The summed E-state index contributed by atoms with van der Waals surface area (Å²) in [5.41, 5.74) is 5.34. The van der Waals surface area contributed by atoms with Crippen LogP contribution in [-0.2, 0) is 0 Å². The third-order valence-corrected chi connectivity index (χ3v) is 4.90. The lowest BCUT2D eigenvalue weighted by Gasteiger charge is -2.07. The van der Waals surface area contributed by atoms with E-state index >= 15 is 0 Å². The van der Waals surface area contributed by atoms with Crippen LogP contribution in [0.15, 0.2) is 58.3 Å². The van der Waals surface area contributed by atoms with Gasteiger partial charge in [0.2, 0.25) is 0 Å². The molecular weight excluding hydrogens is 332 g/mol. The van der Waals surface area contributed by atoms with Crippen molar-refractivity contribution < 1.29 is 9.21 Å². The average molecular weight is 348 g/mol. The van der Waals surface area contributed by atoms with Crippen molar-refractivity contribution in [2.24, 2.45) is 0 Å². The van der Waals surface area contributed by atoms with Crippen molar-refractivity contribution in [2.75, 3.05) is 5.32 Å². The van der Waals surface area contributed by atoms with Crippen molar-refractivity contribution in [1.82, 2.24) is 4.98 Å². The molecule has 4 aromatic rings. The minimum absolute atomic E-state index is 0.120. The molecule has 124 valence electrons. The maximum absolute atomic E-state index is 12.7. The summed E-state index contributed by atoms with van der Waals surface area (Å²) in [6, 6.07) is 15.6. The molecule has 2 aromatic heterocycles. The van der Waals surface area contributed by atoms with Crippen molar-refractivity contribution in [3.8, 4) is 11.1 Å². The average Bonchev–Trinajstić information content (AvgIpc) is 3.21. The van der Waals surface area contributed by atoms with Gasteiger partial charge in [-0.25, -0.2) is 4.98 Å². The van der Waals surface area contributed by atoms with Crippen molar-refractivity contribution in [1.29, 1.82) is 0 Å². The Hall–Kier alpha value is -2.92. The Balaban J connectivity index is 1.62. The number of nitrogens with zero attached hydrogens (tertiary/aromatic N) is 1. The number of aryl methyl sites for hydroxylation is 2. The van der Waals surface area contributed by atoms with Crippen LogP contribution in [0.25, 0.3) is 22.2 Å². The summed E-state index contributed by atoms with van der Waals surface area (Å²) in [5, 5.41) is 4.90. The van der Waals surface area contributed by atoms with E-state index in [9.17, 15) is 4.79 Å². The van der Waals surface area contributed by atoms with Crippen LogP contribution >= 0.6 is 11.3 Å². The molecule has 0 spiro atoms. The van der Waals surface area contributed by atoms with E-state index in [-0.39, 0.29) is 5.91 Å². The van der Waals surface area contributed by atoms with Gasteiger partial charge in [0.1, 0.15) is 5.52 Å². The van der Waals surface area contributed by atoms with Crippen molar-refractivity contribution >= 4 is 34.0 Å². The first-order valence-corrected chi connectivity index (χ1v) is 8.81. The second-order valence-corrected chi connectivity index (χ2v) is 6.82. The van der Waals surface area contributed by atoms with E-state index in [0.29, 0.717) is 22.0 Å². The molecule has 0 aliphatic carbocycles. The molecule has 0 saturated heterocycles. The molecule has 1 amide bonds. The van der Waals surface area contributed by atoms with E-state index in [1.165, 1.54) is 16.9 Å². The first-order chi connectivity index (χ1) is 12.1. The highest BCUT2D eigenvalue weighted by Crippen LogP contribution is 2.29. The largest absolute Gasteiger partial charge is 0.441 e. The van der Waals surface area contributed by atoms with Crippen molar-refractivity contribution in [3.63, 3.8) is 0 Å². The normalized spacial score (nSPS) is 11.0. The van der Waals surface area contributed by atoms with Crippen LogP contribution in [0.2, 0.25) is 0 Å². The first-order valence-electron chi connectivity index (χ1n) is 7.93. The predicted octanol–water partition coefficient (Wildman–Crippen LogP) is 5.43. The van der Waals surface area contributed by atoms with Crippen molar-refractivity contribution in [2.45, 2.75) is 13.8 Å². The zero-order valence-corrected chi connectivity index (χ0v) is 14.7. The van der Waals surface area contributed by atoms with E-state index in [1.807, 2.05) is 48.7 Å². The number of hydrogen-bond donors (Lipinski definition) is 1. The molecule has 2 heterocycles. The fourth-order valence-electron chi connectivity index (χ4n) is 2.75. The number of aromatic nitrogens is 1. The molecule has 0 aliphatic heterocycles. The lowest BCUT2D eigenvalue weighted by atomic mass is 10.0. The van der Waals surface area contributed by atoms with Gasteiger partial charge >= 0.3 is 0 Å². The molecular formula is C20H16N2O2S. The second kappa shape index (κ2) is 6.18. The molecule has 4 rings (SSSR count). The monoisotopic (exact) mass is 348 g/mol. The molecule has 0 atom stereocenters. The van der Waals surface area contributed by atoms with Gasteiger partial charge in [0.25, 0.3) is 5.91 Å². The van der Waals surface area contributed by atoms with Gasteiger partial charge in [-0.05, 0) is 42.1 Å². The van der Waals surface area contributed by atoms with Crippen LogP contribution < -0.4 is 5.32 Å². The maximum Gasteiger partial charge on any atom is 0.266 e. The highest BCUT2D eigenvalue weighted by Gasteiger charge is 2.15. The zero-order valence-electron chi connectivity index (χ0n) is 13.9. The lowest BCUT2D eigenvalue weighted by Crippen LogP contribution is -2.11. The topological polar surface area (TPSA) is 55.1 Å². The van der Waals surface area contributed by atoms with Crippen LogP contribution in [0.4, 0.5) is 5.69 Å². The predicted molar refractivity (Wildman–Crippen MR) is 101 cm³/mol. The van der Waals surface area contributed by atoms with Gasteiger partial charge in [0.15, 0.2) is 11.5 Å². The molecule has 0 bridgehead atoms. The number of fused-ring (bicyclic) bond motifs is 1.